The van der Waals surface area contributed by atoms with Gasteiger partial charge in [0.25, 0.3) is 12.7 Å². The molecular weight excluding hydrogens is 427 g/mol. The molecule has 1 unspecified atom stereocenters. The molecule has 0 radical (unpaired) electrons. The summed E-state index contributed by atoms with van der Waals surface area (Å²) >= 11 is 5.23. The van der Waals surface area contributed by atoms with Crippen LogP contribution in [0.2, 0.25) is 0 Å². The summed E-state index contributed by atoms with van der Waals surface area (Å²) in [6.07, 6.45) is -4.27. The number of carbonyl (C=O) groups excluding carboxylic acids is 2. The van der Waals surface area contributed by atoms with Crippen molar-refractivity contribution in [1.29, 1.82) is 0 Å². The zero-order valence-electron chi connectivity index (χ0n) is 16.1. The molecule has 0 bridgehead atoms. The van der Waals surface area contributed by atoms with Crippen LogP contribution < -0.4 is 10.2 Å². The van der Waals surface area contributed by atoms with E-state index in [0.29, 0.717) is 4.68 Å². The average molecular weight is 447 g/mol. The van der Waals surface area contributed by atoms with Gasteiger partial charge in [-0.25, -0.2) is 27.4 Å². The van der Waals surface area contributed by atoms with E-state index >= 15 is 0 Å². The number of carbonyl (C=O) groups is 2. The third-order valence-electron chi connectivity index (χ3n) is 3.74. The predicted molar refractivity (Wildman–Crippen MR) is 104 cm³/mol. The second-order valence-corrected chi connectivity index (χ2v) is 6.06. The second-order valence-electron chi connectivity index (χ2n) is 5.67. The van der Waals surface area contributed by atoms with Gasteiger partial charge < -0.3 is 19.4 Å². The Balaban J connectivity index is 2.40. The van der Waals surface area contributed by atoms with E-state index in [-0.39, 0.29) is 41.9 Å². The number of nitrogens with zero attached hydrogens (tertiary/aromatic N) is 3. The Hall–Kier alpha value is -3.09. The number of hydrogen-bond donors (Lipinski definition) is 2. The van der Waals surface area contributed by atoms with Crippen LogP contribution in [0.25, 0.3) is 0 Å². The summed E-state index contributed by atoms with van der Waals surface area (Å²) in [5.41, 5.74) is 0.198. The molecule has 2 rings (SSSR count). The first-order valence-electron chi connectivity index (χ1n) is 8.84. The number of anilines is 1. The molecule has 0 saturated heterocycles. The summed E-state index contributed by atoms with van der Waals surface area (Å²) in [7, 11) is 0. The average Bonchev–Trinajstić information content (AvgIpc) is 3.34. The van der Waals surface area contributed by atoms with Crippen molar-refractivity contribution < 1.29 is 32.2 Å². The van der Waals surface area contributed by atoms with Crippen LogP contribution in [0.4, 0.5) is 23.7 Å². The Bertz CT molecular complexity index is 888. The Morgan fingerprint density at radius 1 is 1.27 bits per heavy atom. The lowest BCUT2D eigenvalue weighted by Crippen LogP contribution is -2.43. The van der Waals surface area contributed by atoms with E-state index in [1.54, 1.807) is 13.8 Å². The number of rotatable bonds is 8. The van der Waals surface area contributed by atoms with Crippen LogP contribution in [0.1, 0.15) is 36.3 Å². The van der Waals surface area contributed by atoms with Crippen LogP contribution in [0.5, 0.6) is 0 Å². The molecule has 9 nitrogen and oxygen atoms in total. The molecule has 2 N–H and O–H groups in total. The summed E-state index contributed by atoms with van der Waals surface area (Å²) in [6, 6.07) is 2.78. The zero-order chi connectivity index (χ0) is 22.3. The number of halogens is 3. The smallest absolute Gasteiger partial charge is 0.413 e. The van der Waals surface area contributed by atoms with Gasteiger partial charge in [0.15, 0.2) is 5.11 Å². The molecule has 0 aliphatic rings. The fraction of sp³-hybridized carbons (Fsp3) is 0.412. The number of amides is 1. The molecule has 1 amide bonds. The summed E-state index contributed by atoms with van der Waals surface area (Å²) < 4.78 is 49.8. The van der Waals surface area contributed by atoms with E-state index in [1.165, 1.54) is 23.2 Å². The molecule has 2 aromatic heterocycles. The van der Waals surface area contributed by atoms with Crippen LogP contribution in [0.3, 0.4) is 0 Å². The highest BCUT2D eigenvalue weighted by Crippen LogP contribution is 2.25. The van der Waals surface area contributed by atoms with Crippen LogP contribution in [-0.4, -0.2) is 51.6 Å². The first-order chi connectivity index (χ1) is 14.3. The molecule has 0 fully saturated rings. The number of H-pyrrole nitrogens is 1. The number of alkyl carbamates (subject to hydrolysis) is 1. The van der Waals surface area contributed by atoms with Crippen molar-refractivity contribution in [3.05, 3.63) is 35.9 Å². The number of aromatic amines is 1. The lowest BCUT2D eigenvalue weighted by atomic mass is 10.3. The van der Waals surface area contributed by atoms with Gasteiger partial charge in [0.05, 0.1) is 31.1 Å². The topological polar surface area (TPSA) is 101 Å². The van der Waals surface area contributed by atoms with E-state index in [0.717, 1.165) is 6.20 Å². The molecule has 0 aliphatic heterocycles. The molecule has 164 valence electrons. The van der Waals surface area contributed by atoms with E-state index in [9.17, 15) is 22.8 Å². The third-order valence-corrected chi connectivity index (χ3v) is 4.06. The van der Waals surface area contributed by atoms with Crippen molar-refractivity contribution in [2.75, 3.05) is 18.1 Å². The molecule has 0 spiro atoms. The van der Waals surface area contributed by atoms with E-state index in [1.807, 2.05) is 0 Å². The Morgan fingerprint density at radius 2 is 1.97 bits per heavy atom. The summed E-state index contributed by atoms with van der Waals surface area (Å²) in [5.74, 6) is -0.703. The van der Waals surface area contributed by atoms with Gasteiger partial charge in [-0.15, -0.1) is 0 Å². The third kappa shape index (κ3) is 5.49. The Morgan fingerprint density at radius 3 is 2.60 bits per heavy atom. The number of nitrogens with one attached hydrogen (secondary N) is 2. The molecule has 0 aliphatic carbocycles. The standard InChI is InChI=1S/C17H20F3N5O4S/c1-3-28-15(26)12-11(6-7-21-12)24(16(30)23-17(27)29-4-2)9-10-5-8-22-25(10)14(20)13(18)19/h5-8,13-14,21H,3-4,9H2,1-2H3,(H,23,27,30). The van der Waals surface area contributed by atoms with Gasteiger partial charge in [0.2, 0.25) is 0 Å². The second kappa shape index (κ2) is 10.6. The van der Waals surface area contributed by atoms with Crippen molar-refractivity contribution >= 4 is 35.1 Å². The molecular formula is C17H20F3N5O4S. The minimum Gasteiger partial charge on any atom is -0.461 e. The largest absolute Gasteiger partial charge is 0.461 e. The van der Waals surface area contributed by atoms with Gasteiger partial charge in [-0.05, 0) is 38.2 Å². The Labute approximate surface area is 175 Å². The van der Waals surface area contributed by atoms with Crippen molar-refractivity contribution in [3.8, 4) is 0 Å². The summed E-state index contributed by atoms with van der Waals surface area (Å²) in [6.45, 7) is 3.11. The quantitative estimate of drug-likeness (QED) is 0.474. The summed E-state index contributed by atoms with van der Waals surface area (Å²) in [4.78, 5) is 28.0. The van der Waals surface area contributed by atoms with Gasteiger partial charge >= 0.3 is 12.1 Å². The molecule has 2 heterocycles. The molecule has 0 aromatic carbocycles. The fourth-order valence-corrected chi connectivity index (χ4v) is 2.75. The number of aromatic nitrogens is 3. The SMILES string of the molecule is CCOC(=O)NC(=S)N(Cc1ccnn1C(F)C(F)F)c1cc[nH]c1C(=O)OCC. The fourth-order valence-electron chi connectivity index (χ4n) is 2.50. The molecule has 2 aromatic rings. The number of hydrogen-bond acceptors (Lipinski definition) is 6. The minimum atomic E-state index is -3.30. The maximum Gasteiger partial charge on any atom is 0.413 e. The van der Waals surface area contributed by atoms with E-state index in [4.69, 9.17) is 21.7 Å². The van der Waals surface area contributed by atoms with Crippen LogP contribution >= 0.6 is 12.2 Å². The number of alkyl halides is 3. The van der Waals surface area contributed by atoms with Gasteiger partial charge in [-0.1, -0.05) is 0 Å². The highest BCUT2D eigenvalue weighted by atomic mass is 32.1. The Kier molecular flexibility index (Phi) is 8.21. The maximum atomic E-state index is 13.9. The lowest BCUT2D eigenvalue weighted by molar-refractivity contribution is -0.000851. The maximum absolute atomic E-state index is 13.9. The normalized spacial score (nSPS) is 11.8. The first-order valence-corrected chi connectivity index (χ1v) is 9.25. The van der Waals surface area contributed by atoms with Crippen LogP contribution in [0, 0.1) is 0 Å². The zero-order valence-corrected chi connectivity index (χ0v) is 16.9. The van der Waals surface area contributed by atoms with E-state index < -0.39 is 24.8 Å². The highest BCUT2D eigenvalue weighted by Gasteiger charge is 2.28. The van der Waals surface area contributed by atoms with E-state index in [2.05, 4.69) is 15.4 Å². The predicted octanol–water partition coefficient (Wildman–Crippen LogP) is 3.16. The molecule has 0 saturated carbocycles. The first kappa shape index (κ1) is 23.2. The van der Waals surface area contributed by atoms with Crippen molar-refractivity contribution in [1.82, 2.24) is 20.1 Å². The van der Waals surface area contributed by atoms with Gasteiger partial charge in [0, 0.05) is 12.4 Å². The van der Waals surface area contributed by atoms with Gasteiger partial charge in [-0.3, -0.25) is 5.32 Å². The monoisotopic (exact) mass is 447 g/mol. The number of esters is 1. The van der Waals surface area contributed by atoms with Crippen LogP contribution in [0.15, 0.2) is 24.5 Å². The number of thiocarbonyl (C=S) groups is 1. The molecule has 1 atom stereocenters. The van der Waals surface area contributed by atoms with Crippen molar-refractivity contribution in [2.24, 2.45) is 0 Å². The summed E-state index contributed by atoms with van der Waals surface area (Å²) in [5, 5.41) is 5.69. The molecule has 13 heteroatoms. The lowest BCUT2D eigenvalue weighted by Gasteiger charge is -2.26. The minimum absolute atomic E-state index is 0.00147. The van der Waals surface area contributed by atoms with Gasteiger partial charge in [-0.2, -0.15) is 5.10 Å². The number of ether oxygens (including phenoxy) is 2. The van der Waals surface area contributed by atoms with Crippen LogP contribution in [-0.2, 0) is 16.0 Å². The highest BCUT2D eigenvalue weighted by molar-refractivity contribution is 7.80. The van der Waals surface area contributed by atoms with Gasteiger partial charge in [0.1, 0.15) is 5.69 Å². The molecule has 30 heavy (non-hydrogen) atoms. The van der Waals surface area contributed by atoms with Crippen molar-refractivity contribution in [3.63, 3.8) is 0 Å². The van der Waals surface area contributed by atoms with Crippen molar-refractivity contribution in [2.45, 2.75) is 33.1 Å².